The number of hydrogen-bond donors (Lipinski definition) is 2. The van der Waals surface area contributed by atoms with Crippen LogP contribution in [0.25, 0.3) is 0 Å². The SMILES string of the molecule is CNC(=O)C(C)N(C)C(=O)O. The molecule has 0 aromatic rings. The average molecular weight is 160 g/mol. The first-order valence-electron chi connectivity index (χ1n) is 3.18. The van der Waals surface area contributed by atoms with E-state index in [9.17, 15) is 9.59 Å². The molecule has 64 valence electrons. The predicted octanol–water partition coefficient (Wildman–Crippen LogP) is -0.269. The van der Waals surface area contributed by atoms with Crippen LogP contribution < -0.4 is 5.32 Å². The van der Waals surface area contributed by atoms with Gasteiger partial charge >= 0.3 is 6.09 Å². The van der Waals surface area contributed by atoms with Gasteiger partial charge in [0.25, 0.3) is 0 Å². The number of carbonyl (C=O) groups is 2. The molecule has 1 unspecified atom stereocenters. The Kier molecular flexibility index (Phi) is 3.36. The predicted molar refractivity (Wildman–Crippen MR) is 39.3 cm³/mol. The van der Waals surface area contributed by atoms with Crippen LogP contribution in [0.2, 0.25) is 0 Å². The molecule has 0 aliphatic carbocycles. The Labute approximate surface area is 65.0 Å². The number of carboxylic acid groups (broad SMARTS) is 1. The van der Waals surface area contributed by atoms with E-state index in [1.165, 1.54) is 21.0 Å². The Morgan fingerprint density at radius 1 is 1.55 bits per heavy atom. The number of hydrogen-bond acceptors (Lipinski definition) is 2. The second-order valence-electron chi connectivity index (χ2n) is 2.18. The lowest BCUT2D eigenvalue weighted by molar-refractivity contribution is -0.124. The molecular formula is C6H12N2O3. The van der Waals surface area contributed by atoms with Gasteiger partial charge in [-0.2, -0.15) is 0 Å². The first kappa shape index (κ1) is 9.74. The van der Waals surface area contributed by atoms with Gasteiger partial charge in [0.1, 0.15) is 6.04 Å². The topological polar surface area (TPSA) is 69.6 Å². The monoisotopic (exact) mass is 160 g/mol. The average Bonchev–Trinajstić information content (AvgIpc) is 2.00. The van der Waals surface area contributed by atoms with Crippen molar-refractivity contribution in [2.75, 3.05) is 14.1 Å². The van der Waals surface area contributed by atoms with Crippen molar-refractivity contribution in [3.05, 3.63) is 0 Å². The minimum absolute atomic E-state index is 0.310. The van der Waals surface area contributed by atoms with Crippen LogP contribution in [0.5, 0.6) is 0 Å². The summed E-state index contributed by atoms with van der Waals surface area (Å²) in [6.07, 6.45) is -1.11. The summed E-state index contributed by atoms with van der Waals surface area (Å²) < 4.78 is 0. The van der Waals surface area contributed by atoms with Crippen LogP contribution in [0.4, 0.5) is 4.79 Å². The first-order valence-corrected chi connectivity index (χ1v) is 3.18. The van der Waals surface area contributed by atoms with Crippen molar-refractivity contribution < 1.29 is 14.7 Å². The molecule has 1 atom stereocenters. The molecule has 11 heavy (non-hydrogen) atoms. The van der Waals surface area contributed by atoms with Gasteiger partial charge in [0.05, 0.1) is 0 Å². The Hall–Kier alpha value is -1.26. The quantitative estimate of drug-likeness (QED) is 0.584. The van der Waals surface area contributed by atoms with Crippen LogP contribution in [0.15, 0.2) is 0 Å². The number of carbonyl (C=O) groups excluding carboxylic acids is 1. The molecule has 0 saturated heterocycles. The highest BCUT2D eigenvalue weighted by atomic mass is 16.4. The minimum atomic E-state index is -1.11. The highest BCUT2D eigenvalue weighted by molar-refractivity contribution is 5.84. The molecular weight excluding hydrogens is 148 g/mol. The number of likely N-dealkylation sites (N-methyl/N-ethyl adjacent to an activating group) is 2. The zero-order valence-corrected chi connectivity index (χ0v) is 6.79. The van der Waals surface area contributed by atoms with Crippen molar-refractivity contribution in [2.24, 2.45) is 0 Å². The van der Waals surface area contributed by atoms with Crippen LogP contribution >= 0.6 is 0 Å². The molecule has 0 aromatic carbocycles. The minimum Gasteiger partial charge on any atom is -0.465 e. The van der Waals surface area contributed by atoms with Crippen molar-refractivity contribution >= 4 is 12.0 Å². The van der Waals surface area contributed by atoms with Crippen LogP contribution in [0, 0.1) is 0 Å². The molecule has 0 bridgehead atoms. The highest BCUT2D eigenvalue weighted by Gasteiger charge is 2.19. The maximum absolute atomic E-state index is 10.8. The molecule has 5 heteroatoms. The van der Waals surface area contributed by atoms with Gasteiger partial charge in [-0.05, 0) is 6.92 Å². The zero-order chi connectivity index (χ0) is 9.02. The van der Waals surface area contributed by atoms with Gasteiger partial charge in [0, 0.05) is 14.1 Å². The van der Waals surface area contributed by atoms with Gasteiger partial charge in [-0.15, -0.1) is 0 Å². The zero-order valence-electron chi connectivity index (χ0n) is 6.79. The standard InChI is InChI=1S/C6H12N2O3/c1-4(5(9)7-2)8(3)6(10)11/h4H,1-3H3,(H,7,9)(H,10,11). The summed E-state index contributed by atoms with van der Waals surface area (Å²) in [5.41, 5.74) is 0. The summed E-state index contributed by atoms with van der Waals surface area (Å²) in [5, 5.41) is 10.8. The second kappa shape index (κ2) is 3.80. The Balaban J connectivity index is 4.12. The maximum Gasteiger partial charge on any atom is 0.407 e. The summed E-state index contributed by atoms with van der Waals surface area (Å²) in [6.45, 7) is 1.52. The van der Waals surface area contributed by atoms with E-state index >= 15 is 0 Å². The van der Waals surface area contributed by atoms with Gasteiger partial charge in [0.15, 0.2) is 0 Å². The van der Waals surface area contributed by atoms with E-state index in [0.29, 0.717) is 0 Å². The molecule has 2 amide bonds. The molecule has 0 aliphatic heterocycles. The number of nitrogens with one attached hydrogen (secondary N) is 1. The van der Waals surface area contributed by atoms with Crippen LogP contribution in [-0.2, 0) is 4.79 Å². The van der Waals surface area contributed by atoms with E-state index in [4.69, 9.17) is 5.11 Å². The van der Waals surface area contributed by atoms with Gasteiger partial charge in [-0.1, -0.05) is 0 Å². The normalized spacial score (nSPS) is 11.9. The number of rotatable bonds is 2. The molecule has 0 fully saturated rings. The second-order valence-corrected chi connectivity index (χ2v) is 2.18. The van der Waals surface area contributed by atoms with E-state index in [1.807, 2.05) is 0 Å². The first-order chi connectivity index (χ1) is 5.00. The third-order valence-electron chi connectivity index (χ3n) is 1.51. The van der Waals surface area contributed by atoms with E-state index in [2.05, 4.69) is 5.32 Å². The van der Waals surface area contributed by atoms with E-state index in [-0.39, 0.29) is 5.91 Å². The lowest BCUT2D eigenvalue weighted by atomic mass is 10.3. The van der Waals surface area contributed by atoms with E-state index < -0.39 is 12.1 Å². The fourth-order valence-corrected chi connectivity index (χ4v) is 0.550. The summed E-state index contributed by atoms with van der Waals surface area (Å²) in [5.74, 6) is -0.310. The number of amides is 2. The van der Waals surface area contributed by atoms with E-state index in [1.54, 1.807) is 0 Å². The molecule has 0 rings (SSSR count). The molecule has 0 spiro atoms. The summed E-state index contributed by atoms with van der Waals surface area (Å²) in [6, 6.07) is -0.641. The summed E-state index contributed by atoms with van der Waals surface area (Å²) in [7, 11) is 2.82. The Bertz CT molecular complexity index is 169. The summed E-state index contributed by atoms with van der Waals surface area (Å²) in [4.78, 5) is 22.1. The molecule has 5 nitrogen and oxygen atoms in total. The Morgan fingerprint density at radius 2 is 2.00 bits per heavy atom. The van der Waals surface area contributed by atoms with Crippen molar-refractivity contribution in [3.8, 4) is 0 Å². The van der Waals surface area contributed by atoms with Crippen LogP contribution in [0.1, 0.15) is 6.92 Å². The van der Waals surface area contributed by atoms with Gasteiger partial charge in [0.2, 0.25) is 5.91 Å². The van der Waals surface area contributed by atoms with Crippen molar-refractivity contribution in [3.63, 3.8) is 0 Å². The smallest absolute Gasteiger partial charge is 0.407 e. The summed E-state index contributed by atoms with van der Waals surface area (Å²) >= 11 is 0. The maximum atomic E-state index is 10.8. The van der Waals surface area contributed by atoms with Crippen molar-refractivity contribution in [2.45, 2.75) is 13.0 Å². The molecule has 0 saturated carbocycles. The largest absolute Gasteiger partial charge is 0.465 e. The third-order valence-corrected chi connectivity index (χ3v) is 1.51. The molecule has 0 heterocycles. The lowest BCUT2D eigenvalue weighted by Gasteiger charge is -2.19. The van der Waals surface area contributed by atoms with Crippen LogP contribution in [-0.4, -0.2) is 42.1 Å². The molecule has 2 N–H and O–H groups in total. The highest BCUT2D eigenvalue weighted by Crippen LogP contribution is 1.94. The van der Waals surface area contributed by atoms with Crippen molar-refractivity contribution in [1.29, 1.82) is 0 Å². The third kappa shape index (κ3) is 2.45. The Morgan fingerprint density at radius 3 is 2.27 bits per heavy atom. The fourth-order valence-electron chi connectivity index (χ4n) is 0.550. The van der Waals surface area contributed by atoms with E-state index in [0.717, 1.165) is 4.90 Å². The molecule has 0 aliphatic rings. The van der Waals surface area contributed by atoms with Crippen LogP contribution in [0.3, 0.4) is 0 Å². The molecule has 0 radical (unpaired) electrons. The van der Waals surface area contributed by atoms with Gasteiger partial charge in [-0.3, -0.25) is 9.69 Å². The molecule has 0 aromatic heterocycles. The van der Waals surface area contributed by atoms with Crippen molar-refractivity contribution in [1.82, 2.24) is 10.2 Å². The van der Waals surface area contributed by atoms with Gasteiger partial charge in [-0.25, -0.2) is 4.79 Å². The van der Waals surface area contributed by atoms with Gasteiger partial charge < -0.3 is 10.4 Å². The fraction of sp³-hybridized carbons (Fsp3) is 0.667. The number of nitrogens with zero attached hydrogens (tertiary/aromatic N) is 1. The lowest BCUT2D eigenvalue weighted by Crippen LogP contribution is -2.44.